The zero-order valence-corrected chi connectivity index (χ0v) is 15.5. The summed E-state index contributed by atoms with van der Waals surface area (Å²) in [5.41, 5.74) is 1.75. The van der Waals surface area contributed by atoms with Crippen LogP contribution in [0.5, 0.6) is 0 Å². The Bertz CT molecular complexity index is 770. The summed E-state index contributed by atoms with van der Waals surface area (Å²) < 4.78 is 0. The van der Waals surface area contributed by atoms with Gasteiger partial charge in [-0.1, -0.05) is 12.2 Å². The number of likely N-dealkylation sites (tertiary alicyclic amines) is 1. The normalized spacial score (nSPS) is 26.6. The fourth-order valence-corrected chi connectivity index (χ4v) is 4.45. The number of hydrogen-bond acceptors (Lipinski definition) is 4. The van der Waals surface area contributed by atoms with Crippen molar-refractivity contribution in [1.82, 2.24) is 19.8 Å². The van der Waals surface area contributed by atoms with E-state index >= 15 is 0 Å². The number of carbonyl (C=O) groups excluding carboxylic acids is 1. The van der Waals surface area contributed by atoms with E-state index in [4.69, 9.17) is 4.98 Å². The van der Waals surface area contributed by atoms with Gasteiger partial charge in [0.1, 0.15) is 5.82 Å². The Morgan fingerprint density at radius 3 is 2.96 bits per heavy atom. The van der Waals surface area contributed by atoms with E-state index in [0.717, 1.165) is 68.7 Å². The molecule has 26 heavy (non-hydrogen) atoms. The first-order valence-corrected chi connectivity index (χ1v) is 9.86. The average molecular weight is 356 g/mol. The second kappa shape index (κ2) is 7.35. The van der Waals surface area contributed by atoms with Crippen molar-refractivity contribution in [3.63, 3.8) is 0 Å². The molecule has 0 bridgehead atoms. The Morgan fingerprint density at radius 2 is 2.15 bits per heavy atom. The molecule has 1 aliphatic carbocycles. The van der Waals surface area contributed by atoms with Gasteiger partial charge in [0.05, 0.1) is 11.3 Å². The van der Waals surface area contributed by atoms with Gasteiger partial charge in [0.2, 0.25) is 5.91 Å². The van der Waals surface area contributed by atoms with Gasteiger partial charge >= 0.3 is 0 Å². The predicted octanol–water partition coefficient (Wildman–Crippen LogP) is 1.82. The summed E-state index contributed by atoms with van der Waals surface area (Å²) in [6.07, 6.45) is 9.90. The molecule has 6 heteroatoms. The van der Waals surface area contributed by atoms with Crippen LogP contribution in [0.2, 0.25) is 0 Å². The maximum Gasteiger partial charge on any atom is 0.255 e. The lowest BCUT2D eigenvalue weighted by Gasteiger charge is -2.35. The van der Waals surface area contributed by atoms with Crippen molar-refractivity contribution in [2.24, 2.45) is 5.92 Å². The molecule has 3 heterocycles. The molecule has 1 N–H and O–H groups in total. The smallest absolute Gasteiger partial charge is 0.255 e. The molecule has 1 amide bonds. The van der Waals surface area contributed by atoms with Crippen LogP contribution in [0.3, 0.4) is 0 Å². The molecular formula is C20H28N4O2. The molecule has 2 atom stereocenters. The lowest BCUT2D eigenvalue weighted by atomic mass is 9.90. The Kier molecular flexibility index (Phi) is 4.94. The number of likely N-dealkylation sites (N-methyl/N-ethyl adjacent to an activating group) is 1. The lowest BCUT2D eigenvalue weighted by Crippen LogP contribution is -2.43. The Labute approximate surface area is 154 Å². The molecule has 1 fully saturated rings. The van der Waals surface area contributed by atoms with Gasteiger partial charge in [-0.05, 0) is 39.2 Å². The standard InChI is InChI=1S/C20H28N4O2/c1-23-11-9-17-16(13-23)19(25)22-18(21-17)15-8-5-10-24(12-15)20(26)14-6-3-2-4-7-14/h2-3,14-15H,4-13H2,1H3,(H,21,22,25)/t14-,15-/m1/s1. The van der Waals surface area contributed by atoms with Gasteiger partial charge in [0.25, 0.3) is 5.56 Å². The highest BCUT2D eigenvalue weighted by Gasteiger charge is 2.31. The third-order valence-corrected chi connectivity index (χ3v) is 6.02. The molecule has 0 unspecified atom stereocenters. The lowest BCUT2D eigenvalue weighted by molar-refractivity contribution is -0.137. The predicted molar refractivity (Wildman–Crippen MR) is 99.9 cm³/mol. The number of rotatable bonds is 2. The number of piperidine rings is 1. The first-order valence-electron chi connectivity index (χ1n) is 9.86. The summed E-state index contributed by atoms with van der Waals surface area (Å²) in [6.45, 7) is 3.12. The molecule has 3 aliphatic rings. The highest BCUT2D eigenvalue weighted by Crippen LogP contribution is 2.28. The third kappa shape index (κ3) is 3.47. The SMILES string of the molecule is CN1CCc2nc([C@@H]3CCCN(C(=O)[C@@H]4CC=CCC4)C3)[nH]c(=O)c2C1. The van der Waals surface area contributed by atoms with E-state index < -0.39 is 0 Å². The fraction of sp³-hybridized carbons (Fsp3) is 0.650. The van der Waals surface area contributed by atoms with Crippen LogP contribution in [0, 0.1) is 5.92 Å². The molecule has 4 rings (SSSR count). The number of hydrogen-bond donors (Lipinski definition) is 1. The number of allylic oxidation sites excluding steroid dienone is 2. The Morgan fingerprint density at radius 1 is 1.27 bits per heavy atom. The fourth-order valence-electron chi connectivity index (χ4n) is 4.45. The minimum Gasteiger partial charge on any atom is -0.342 e. The van der Waals surface area contributed by atoms with Crippen LogP contribution in [-0.4, -0.2) is 52.4 Å². The van der Waals surface area contributed by atoms with E-state index in [0.29, 0.717) is 13.1 Å². The summed E-state index contributed by atoms with van der Waals surface area (Å²) in [6, 6.07) is 0. The zero-order valence-electron chi connectivity index (χ0n) is 15.5. The number of aromatic amines is 1. The molecule has 1 saturated heterocycles. The number of amides is 1. The van der Waals surface area contributed by atoms with Crippen molar-refractivity contribution in [3.8, 4) is 0 Å². The van der Waals surface area contributed by atoms with E-state index in [1.165, 1.54) is 0 Å². The maximum absolute atomic E-state index is 12.9. The average Bonchev–Trinajstić information content (AvgIpc) is 2.68. The van der Waals surface area contributed by atoms with Gasteiger partial charge in [-0.2, -0.15) is 0 Å². The topological polar surface area (TPSA) is 69.3 Å². The van der Waals surface area contributed by atoms with Crippen LogP contribution in [0.4, 0.5) is 0 Å². The summed E-state index contributed by atoms with van der Waals surface area (Å²) in [7, 11) is 2.03. The molecular weight excluding hydrogens is 328 g/mol. The molecule has 0 spiro atoms. The molecule has 2 aliphatic heterocycles. The van der Waals surface area contributed by atoms with Crippen molar-refractivity contribution in [2.75, 3.05) is 26.7 Å². The van der Waals surface area contributed by atoms with E-state index in [2.05, 4.69) is 22.0 Å². The first-order chi connectivity index (χ1) is 12.6. The number of fused-ring (bicyclic) bond motifs is 1. The van der Waals surface area contributed by atoms with Crippen molar-refractivity contribution >= 4 is 5.91 Å². The molecule has 0 saturated carbocycles. The van der Waals surface area contributed by atoms with Gasteiger partial charge in [-0.15, -0.1) is 0 Å². The van der Waals surface area contributed by atoms with Gasteiger partial charge in [0.15, 0.2) is 0 Å². The number of nitrogens with one attached hydrogen (secondary N) is 1. The number of H-pyrrole nitrogens is 1. The van der Waals surface area contributed by atoms with Crippen LogP contribution in [0.15, 0.2) is 16.9 Å². The van der Waals surface area contributed by atoms with Crippen molar-refractivity contribution in [3.05, 3.63) is 39.6 Å². The van der Waals surface area contributed by atoms with Crippen molar-refractivity contribution in [2.45, 2.75) is 51.0 Å². The van der Waals surface area contributed by atoms with Gasteiger partial charge in [0, 0.05) is 44.4 Å². The van der Waals surface area contributed by atoms with Crippen molar-refractivity contribution < 1.29 is 4.79 Å². The quantitative estimate of drug-likeness (QED) is 0.821. The van der Waals surface area contributed by atoms with Gasteiger partial charge in [-0.25, -0.2) is 4.98 Å². The Hall–Kier alpha value is -1.95. The molecule has 1 aromatic rings. The summed E-state index contributed by atoms with van der Waals surface area (Å²) in [4.78, 5) is 37.4. The molecule has 1 aromatic heterocycles. The van der Waals surface area contributed by atoms with Crippen LogP contribution in [0.1, 0.15) is 55.1 Å². The first kappa shape index (κ1) is 17.5. The van der Waals surface area contributed by atoms with Crippen LogP contribution < -0.4 is 5.56 Å². The minimum absolute atomic E-state index is 0.00239. The molecule has 0 aromatic carbocycles. The van der Waals surface area contributed by atoms with E-state index in [9.17, 15) is 9.59 Å². The van der Waals surface area contributed by atoms with E-state index in [1.807, 2.05) is 11.9 Å². The second-order valence-electron chi connectivity index (χ2n) is 7.97. The van der Waals surface area contributed by atoms with Crippen molar-refractivity contribution in [1.29, 1.82) is 0 Å². The maximum atomic E-state index is 12.9. The highest BCUT2D eigenvalue weighted by molar-refractivity contribution is 5.79. The number of carbonyl (C=O) groups is 1. The van der Waals surface area contributed by atoms with Crippen LogP contribution in [-0.2, 0) is 17.8 Å². The summed E-state index contributed by atoms with van der Waals surface area (Å²) in [5, 5.41) is 0. The zero-order chi connectivity index (χ0) is 18.1. The molecule has 6 nitrogen and oxygen atoms in total. The third-order valence-electron chi connectivity index (χ3n) is 6.02. The van der Waals surface area contributed by atoms with Gasteiger partial charge in [-0.3, -0.25) is 9.59 Å². The van der Waals surface area contributed by atoms with E-state index in [-0.39, 0.29) is 23.3 Å². The highest BCUT2D eigenvalue weighted by atomic mass is 16.2. The summed E-state index contributed by atoms with van der Waals surface area (Å²) in [5.74, 6) is 1.33. The number of aromatic nitrogens is 2. The Balaban J connectivity index is 1.51. The number of nitrogens with zero attached hydrogens (tertiary/aromatic N) is 3. The second-order valence-corrected chi connectivity index (χ2v) is 7.97. The van der Waals surface area contributed by atoms with Crippen LogP contribution in [0.25, 0.3) is 0 Å². The van der Waals surface area contributed by atoms with Gasteiger partial charge < -0.3 is 14.8 Å². The summed E-state index contributed by atoms with van der Waals surface area (Å²) >= 11 is 0. The molecule has 140 valence electrons. The van der Waals surface area contributed by atoms with Crippen LogP contribution >= 0.6 is 0 Å². The molecule has 0 radical (unpaired) electrons. The monoisotopic (exact) mass is 356 g/mol. The minimum atomic E-state index is -0.00239. The largest absolute Gasteiger partial charge is 0.342 e. The van der Waals surface area contributed by atoms with E-state index in [1.54, 1.807) is 0 Å².